The summed E-state index contributed by atoms with van der Waals surface area (Å²) in [7, 11) is 0. The third-order valence-corrected chi connectivity index (χ3v) is 2.59. The number of hydrogen-bond donors (Lipinski definition) is 2. The van der Waals surface area contributed by atoms with Gasteiger partial charge in [0.25, 0.3) is 5.91 Å². The third kappa shape index (κ3) is 2.33. The molecule has 1 heterocycles. The van der Waals surface area contributed by atoms with Crippen molar-refractivity contribution in [3.05, 3.63) is 21.9 Å². The summed E-state index contributed by atoms with van der Waals surface area (Å²) < 4.78 is 0. The number of hydrogen-bond acceptors (Lipinski definition) is 3. The molecule has 0 aromatic carbocycles. The fourth-order valence-corrected chi connectivity index (χ4v) is 1.80. The van der Waals surface area contributed by atoms with Crippen molar-refractivity contribution in [1.29, 1.82) is 0 Å². The molecule has 1 aromatic heterocycles. The molecule has 1 saturated carbocycles. The van der Waals surface area contributed by atoms with Crippen molar-refractivity contribution in [2.75, 3.05) is 5.32 Å². The monoisotopic (exact) mass is 245 g/mol. The Morgan fingerprint density at radius 2 is 2.20 bits per heavy atom. The summed E-state index contributed by atoms with van der Waals surface area (Å²) in [6.07, 6.45) is 2.16. The van der Waals surface area contributed by atoms with E-state index in [0.717, 1.165) is 12.8 Å². The smallest absolute Gasteiger partial charge is 0.253 e. The summed E-state index contributed by atoms with van der Waals surface area (Å²) in [6.45, 7) is 0. The molecule has 15 heavy (non-hydrogen) atoms. The van der Waals surface area contributed by atoms with Gasteiger partial charge in [-0.1, -0.05) is 23.2 Å². The minimum atomic E-state index is -0.604. The van der Waals surface area contributed by atoms with E-state index >= 15 is 0 Å². The van der Waals surface area contributed by atoms with E-state index in [4.69, 9.17) is 28.9 Å². The first-order valence-corrected chi connectivity index (χ1v) is 5.26. The summed E-state index contributed by atoms with van der Waals surface area (Å²) >= 11 is 11.5. The summed E-state index contributed by atoms with van der Waals surface area (Å²) in [5.74, 6) is -0.604. The maximum Gasteiger partial charge on any atom is 0.253 e. The number of amides is 1. The van der Waals surface area contributed by atoms with Gasteiger partial charge in [0.15, 0.2) is 0 Å². The molecule has 1 aliphatic rings. The second-order valence-corrected chi connectivity index (χ2v) is 4.19. The van der Waals surface area contributed by atoms with Gasteiger partial charge in [-0.3, -0.25) is 4.79 Å². The van der Waals surface area contributed by atoms with Crippen molar-refractivity contribution < 1.29 is 4.79 Å². The maximum atomic E-state index is 11.2. The number of primary amides is 1. The van der Waals surface area contributed by atoms with Crippen molar-refractivity contribution in [2.24, 2.45) is 5.73 Å². The number of carbonyl (C=O) groups is 1. The first-order chi connectivity index (χ1) is 7.08. The first kappa shape index (κ1) is 10.5. The molecule has 0 spiro atoms. The number of nitrogens with two attached hydrogens (primary N) is 1. The Hall–Kier alpha value is -1.00. The Kier molecular flexibility index (Phi) is 2.71. The molecular weight excluding hydrogens is 237 g/mol. The largest absolute Gasteiger partial charge is 0.381 e. The lowest BCUT2D eigenvalue weighted by atomic mass is 10.2. The number of nitrogens with one attached hydrogen (secondary N) is 1. The molecule has 1 amide bonds. The van der Waals surface area contributed by atoms with E-state index in [1.165, 1.54) is 0 Å². The molecule has 1 aliphatic carbocycles. The molecule has 4 nitrogen and oxygen atoms in total. The highest BCUT2D eigenvalue weighted by Gasteiger charge is 2.24. The van der Waals surface area contributed by atoms with Crippen LogP contribution in [0.3, 0.4) is 0 Å². The van der Waals surface area contributed by atoms with Crippen LogP contribution in [0.1, 0.15) is 23.2 Å². The minimum absolute atomic E-state index is 0.0400. The summed E-state index contributed by atoms with van der Waals surface area (Å²) in [6, 6.07) is 1.95. The highest BCUT2D eigenvalue weighted by Crippen LogP contribution is 2.30. The van der Waals surface area contributed by atoms with Crippen molar-refractivity contribution in [3.8, 4) is 0 Å². The van der Waals surface area contributed by atoms with Crippen LogP contribution >= 0.6 is 23.2 Å². The van der Waals surface area contributed by atoms with Crippen LogP contribution in [0.2, 0.25) is 10.3 Å². The van der Waals surface area contributed by atoms with Crippen LogP contribution < -0.4 is 11.1 Å². The van der Waals surface area contributed by atoms with E-state index < -0.39 is 5.91 Å². The fourth-order valence-electron chi connectivity index (χ4n) is 1.28. The second kappa shape index (κ2) is 3.87. The molecule has 0 aliphatic heterocycles. The highest BCUT2D eigenvalue weighted by molar-refractivity contribution is 6.35. The zero-order valence-corrected chi connectivity index (χ0v) is 9.27. The molecule has 0 bridgehead atoms. The molecule has 0 atom stereocenters. The number of nitrogens with zero attached hydrogens (tertiary/aromatic N) is 1. The van der Waals surface area contributed by atoms with E-state index in [9.17, 15) is 4.79 Å². The Balaban J connectivity index is 2.42. The van der Waals surface area contributed by atoms with Gasteiger partial charge in [0, 0.05) is 6.04 Å². The van der Waals surface area contributed by atoms with Gasteiger partial charge in [-0.25, -0.2) is 4.98 Å². The van der Waals surface area contributed by atoms with Crippen LogP contribution in [0.5, 0.6) is 0 Å². The predicted octanol–water partition coefficient (Wildman–Crippen LogP) is 2.06. The molecule has 6 heteroatoms. The van der Waals surface area contributed by atoms with Crippen molar-refractivity contribution in [3.63, 3.8) is 0 Å². The van der Waals surface area contributed by atoms with Gasteiger partial charge in [-0.05, 0) is 18.9 Å². The number of rotatable bonds is 3. The highest BCUT2D eigenvalue weighted by atomic mass is 35.5. The van der Waals surface area contributed by atoms with Crippen LogP contribution in [-0.2, 0) is 0 Å². The van der Waals surface area contributed by atoms with Crippen LogP contribution in [0, 0.1) is 0 Å². The predicted molar refractivity (Wildman–Crippen MR) is 59.4 cm³/mol. The number of halogens is 2. The molecular formula is C9H9Cl2N3O. The van der Waals surface area contributed by atoms with Gasteiger partial charge in [0.2, 0.25) is 0 Å². The summed E-state index contributed by atoms with van der Waals surface area (Å²) in [5, 5.41) is 3.42. The number of anilines is 1. The molecule has 0 radical (unpaired) electrons. The van der Waals surface area contributed by atoms with Crippen LogP contribution in [-0.4, -0.2) is 16.9 Å². The van der Waals surface area contributed by atoms with E-state index in [-0.39, 0.29) is 15.9 Å². The zero-order valence-electron chi connectivity index (χ0n) is 7.76. The standard InChI is InChI=1S/C9H9Cl2N3O/c10-6-3-5(13-4-1-2-4)7(9(12)15)8(11)14-6/h3-4H,1-2H2,(H2,12,15)(H,13,14). The van der Waals surface area contributed by atoms with Gasteiger partial charge in [-0.2, -0.15) is 0 Å². The van der Waals surface area contributed by atoms with Crippen molar-refractivity contribution >= 4 is 34.8 Å². The fraction of sp³-hybridized carbons (Fsp3) is 0.333. The van der Waals surface area contributed by atoms with Gasteiger partial charge in [-0.15, -0.1) is 0 Å². The van der Waals surface area contributed by atoms with Crippen molar-refractivity contribution in [1.82, 2.24) is 4.98 Å². The van der Waals surface area contributed by atoms with Gasteiger partial charge in [0.1, 0.15) is 10.3 Å². The summed E-state index contributed by atoms with van der Waals surface area (Å²) in [5.41, 5.74) is 5.98. The van der Waals surface area contributed by atoms with Crippen molar-refractivity contribution in [2.45, 2.75) is 18.9 Å². The normalized spacial score (nSPS) is 15.1. The molecule has 1 fully saturated rings. The van der Waals surface area contributed by atoms with Crippen LogP contribution in [0.15, 0.2) is 6.07 Å². The van der Waals surface area contributed by atoms with Gasteiger partial charge >= 0.3 is 0 Å². The molecule has 0 unspecified atom stereocenters. The number of pyridine rings is 1. The first-order valence-electron chi connectivity index (χ1n) is 4.50. The molecule has 80 valence electrons. The minimum Gasteiger partial charge on any atom is -0.381 e. The number of carbonyl (C=O) groups excluding carboxylic acids is 1. The molecule has 0 saturated heterocycles. The quantitative estimate of drug-likeness (QED) is 0.802. The molecule has 3 N–H and O–H groups in total. The zero-order chi connectivity index (χ0) is 11.0. The lowest BCUT2D eigenvalue weighted by Gasteiger charge is -2.10. The Morgan fingerprint density at radius 1 is 1.53 bits per heavy atom. The van der Waals surface area contributed by atoms with Crippen LogP contribution in [0.25, 0.3) is 0 Å². The Morgan fingerprint density at radius 3 is 2.73 bits per heavy atom. The maximum absolute atomic E-state index is 11.2. The van der Waals surface area contributed by atoms with Crippen LogP contribution in [0.4, 0.5) is 5.69 Å². The average molecular weight is 246 g/mol. The third-order valence-electron chi connectivity index (χ3n) is 2.13. The lowest BCUT2D eigenvalue weighted by molar-refractivity contribution is 0.100. The second-order valence-electron chi connectivity index (χ2n) is 3.44. The summed E-state index contributed by atoms with van der Waals surface area (Å²) in [4.78, 5) is 14.9. The van der Waals surface area contributed by atoms with Gasteiger partial charge < -0.3 is 11.1 Å². The molecule has 1 aromatic rings. The van der Waals surface area contributed by atoms with E-state index in [1.54, 1.807) is 6.07 Å². The van der Waals surface area contributed by atoms with Gasteiger partial charge in [0.05, 0.1) is 11.3 Å². The van der Waals surface area contributed by atoms with E-state index in [1.807, 2.05) is 0 Å². The Labute approximate surface area is 96.8 Å². The SMILES string of the molecule is NC(=O)c1c(NC2CC2)cc(Cl)nc1Cl. The van der Waals surface area contributed by atoms with E-state index in [2.05, 4.69) is 10.3 Å². The topological polar surface area (TPSA) is 68.0 Å². The number of aromatic nitrogens is 1. The van der Waals surface area contributed by atoms with E-state index in [0.29, 0.717) is 11.7 Å². The molecule has 2 rings (SSSR count). The lowest BCUT2D eigenvalue weighted by Crippen LogP contribution is -2.16. The average Bonchev–Trinajstić information content (AvgIpc) is 2.85. The Bertz CT molecular complexity index is 418.